The summed E-state index contributed by atoms with van der Waals surface area (Å²) < 4.78 is 6.63. The number of benzene rings is 1. The molecule has 0 atom stereocenters. The highest BCUT2D eigenvalue weighted by Crippen LogP contribution is 2.24. The molecule has 3 rings (SSSR count). The van der Waals surface area contributed by atoms with Crippen LogP contribution in [-0.2, 0) is 4.74 Å². The van der Waals surface area contributed by atoms with Crippen LogP contribution in [0.3, 0.4) is 0 Å². The highest BCUT2D eigenvalue weighted by molar-refractivity contribution is 5.95. The van der Waals surface area contributed by atoms with Crippen molar-refractivity contribution >= 4 is 11.6 Å². The summed E-state index contributed by atoms with van der Waals surface area (Å²) in [5, 5.41) is 4.18. The maximum Gasteiger partial charge on any atom is 0.359 e. The van der Waals surface area contributed by atoms with Gasteiger partial charge in [0.05, 0.1) is 6.61 Å². The number of ether oxygens (including phenoxy) is 1. The van der Waals surface area contributed by atoms with Crippen LogP contribution in [-0.4, -0.2) is 27.2 Å². The molecule has 5 heteroatoms. The molecule has 0 spiro atoms. The molecule has 0 bridgehead atoms. The number of aromatic nitrogens is 3. The van der Waals surface area contributed by atoms with Gasteiger partial charge in [-0.25, -0.2) is 14.3 Å². The van der Waals surface area contributed by atoms with E-state index in [-0.39, 0.29) is 0 Å². The molecule has 0 saturated heterocycles. The molecule has 0 N–H and O–H groups in total. The van der Waals surface area contributed by atoms with Gasteiger partial charge >= 0.3 is 5.97 Å². The van der Waals surface area contributed by atoms with E-state index in [1.54, 1.807) is 19.2 Å². The van der Waals surface area contributed by atoms with Crippen LogP contribution in [0.2, 0.25) is 0 Å². The van der Waals surface area contributed by atoms with Crippen LogP contribution in [0.5, 0.6) is 0 Å². The van der Waals surface area contributed by atoms with E-state index in [9.17, 15) is 4.79 Å². The minimum atomic E-state index is -0.419. The van der Waals surface area contributed by atoms with Crippen molar-refractivity contribution < 1.29 is 9.53 Å². The third-order valence-electron chi connectivity index (χ3n) is 2.91. The summed E-state index contributed by atoms with van der Waals surface area (Å²) in [5.41, 5.74) is 2.42. The normalized spacial score (nSPS) is 10.7. The SMILES string of the molecule is CCOC(=O)c1c(-c2ccccc2)nc2cccnn12. The molecule has 5 nitrogen and oxygen atoms in total. The summed E-state index contributed by atoms with van der Waals surface area (Å²) in [4.78, 5) is 16.7. The number of esters is 1. The minimum Gasteiger partial charge on any atom is -0.461 e. The summed E-state index contributed by atoms with van der Waals surface area (Å²) in [6.07, 6.45) is 1.62. The monoisotopic (exact) mass is 267 g/mol. The van der Waals surface area contributed by atoms with Crippen LogP contribution in [0.25, 0.3) is 16.9 Å². The molecular weight excluding hydrogens is 254 g/mol. The first-order valence-electron chi connectivity index (χ1n) is 6.37. The zero-order valence-electron chi connectivity index (χ0n) is 11.0. The molecule has 0 fully saturated rings. The van der Waals surface area contributed by atoms with Crippen LogP contribution >= 0.6 is 0 Å². The molecule has 0 radical (unpaired) electrons. The molecule has 0 aliphatic rings. The van der Waals surface area contributed by atoms with E-state index in [1.807, 2.05) is 36.4 Å². The zero-order chi connectivity index (χ0) is 13.9. The Hall–Kier alpha value is -2.69. The van der Waals surface area contributed by atoms with Crippen LogP contribution in [0.15, 0.2) is 48.7 Å². The van der Waals surface area contributed by atoms with Crippen molar-refractivity contribution in [2.24, 2.45) is 0 Å². The summed E-state index contributed by atoms with van der Waals surface area (Å²) >= 11 is 0. The van der Waals surface area contributed by atoms with Gasteiger partial charge < -0.3 is 4.74 Å². The van der Waals surface area contributed by atoms with Crippen molar-refractivity contribution in [1.82, 2.24) is 14.6 Å². The molecule has 3 aromatic rings. The molecule has 0 aliphatic carbocycles. The Kier molecular flexibility index (Phi) is 3.16. The fourth-order valence-corrected chi connectivity index (χ4v) is 2.07. The second-order valence-electron chi connectivity index (χ2n) is 4.19. The highest BCUT2D eigenvalue weighted by Gasteiger charge is 2.22. The van der Waals surface area contributed by atoms with Crippen molar-refractivity contribution in [2.45, 2.75) is 6.92 Å². The van der Waals surface area contributed by atoms with Gasteiger partial charge in [0.2, 0.25) is 0 Å². The van der Waals surface area contributed by atoms with Gasteiger partial charge in [-0.15, -0.1) is 0 Å². The Morgan fingerprint density at radius 2 is 2.00 bits per heavy atom. The summed E-state index contributed by atoms with van der Waals surface area (Å²) in [6.45, 7) is 2.09. The summed E-state index contributed by atoms with van der Waals surface area (Å²) in [6, 6.07) is 13.1. The largest absolute Gasteiger partial charge is 0.461 e. The van der Waals surface area contributed by atoms with Crippen LogP contribution in [0.1, 0.15) is 17.4 Å². The first kappa shape index (κ1) is 12.3. The van der Waals surface area contributed by atoms with E-state index in [0.29, 0.717) is 23.6 Å². The molecule has 2 heterocycles. The van der Waals surface area contributed by atoms with Crippen molar-refractivity contribution in [3.63, 3.8) is 0 Å². The maximum atomic E-state index is 12.2. The minimum absolute atomic E-state index is 0.313. The predicted octanol–water partition coefficient (Wildman–Crippen LogP) is 2.57. The van der Waals surface area contributed by atoms with Gasteiger partial charge in [-0.3, -0.25) is 0 Å². The number of imidazole rings is 1. The Labute approximate surface area is 115 Å². The van der Waals surface area contributed by atoms with Gasteiger partial charge in [-0.1, -0.05) is 30.3 Å². The van der Waals surface area contributed by atoms with E-state index in [0.717, 1.165) is 5.56 Å². The van der Waals surface area contributed by atoms with Crippen LogP contribution in [0.4, 0.5) is 0 Å². The fourth-order valence-electron chi connectivity index (χ4n) is 2.07. The third-order valence-corrected chi connectivity index (χ3v) is 2.91. The molecule has 0 amide bonds. The van der Waals surface area contributed by atoms with E-state index in [4.69, 9.17) is 4.74 Å². The fraction of sp³-hybridized carbons (Fsp3) is 0.133. The molecule has 0 aliphatic heterocycles. The van der Waals surface area contributed by atoms with E-state index in [2.05, 4.69) is 10.1 Å². The lowest BCUT2D eigenvalue weighted by atomic mass is 10.1. The lowest BCUT2D eigenvalue weighted by Crippen LogP contribution is -2.10. The van der Waals surface area contributed by atoms with Gasteiger partial charge in [0.1, 0.15) is 5.69 Å². The zero-order valence-corrected chi connectivity index (χ0v) is 11.0. The number of rotatable bonds is 3. The van der Waals surface area contributed by atoms with Crippen LogP contribution < -0.4 is 0 Å². The van der Waals surface area contributed by atoms with Crippen molar-refractivity contribution in [2.75, 3.05) is 6.61 Å². The number of carbonyl (C=O) groups excluding carboxylic acids is 1. The third kappa shape index (κ3) is 2.03. The van der Waals surface area contributed by atoms with Gasteiger partial charge in [-0.05, 0) is 19.1 Å². The molecule has 2 aromatic heterocycles. The van der Waals surface area contributed by atoms with Crippen LogP contribution in [0, 0.1) is 0 Å². The van der Waals surface area contributed by atoms with Crippen molar-refractivity contribution in [3.8, 4) is 11.3 Å². The number of carbonyl (C=O) groups is 1. The molecule has 0 saturated carbocycles. The van der Waals surface area contributed by atoms with E-state index < -0.39 is 5.97 Å². The summed E-state index contributed by atoms with van der Waals surface area (Å²) in [5.74, 6) is -0.419. The predicted molar refractivity (Wildman–Crippen MR) is 74.4 cm³/mol. The number of nitrogens with zero attached hydrogens (tertiary/aromatic N) is 3. The number of hydrogen-bond acceptors (Lipinski definition) is 4. The Morgan fingerprint density at radius 1 is 1.20 bits per heavy atom. The van der Waals surface area contributed by atoms with Crippen molar-refractivity contribution in [3.05, 3.63) is 54.4 Å². The molecular formula is C15H13N3O2. The molecule has 0 unspecified atom stereocenters. The Balaban J connectivity index is 2.25. The maximum absolute atomic E-state index is 12.2. The van der Waals surface area contributed by atoms with Gasteiger partial charge in [0, 0.05) is 11.8 Å². The topological polar surface area (TPSA) is 56.5 Å². The van der Waals surface area contributed by atoms with Gasteiger partial charge in [-0.2, -0.15) is 5.10 Å². The van der Waals surface area contributed by atoms with E-state index >= 15 is 0 Å². The molecule has 100 valence electrons. The lowest BCUT2D eigenvalue weighted by Gasteiger charge is -2.03. The van der Waals surface area contributed by atoms with Gasteiger partial charge in [0.25, 0.3) is 0 Å². The Morgan fingerprint density at radius 3 is 2.75 bits per heavy atom. The van der Waals surface area contributed by atoms with E-state index in [1.165, 1.54) is 4.52 Å². The Bertz CT molecular complexity index is 750. The standard InChI is InChI=1S/C15H13N3O2/c1-2-20-15(19)14-13(11-7-4-3-5-8-11)17-12-9-6-10-16-18(12)14/h3-10H,2H2,1H3. The average Bonchev–Trinajstić information content (AvgIpc) is 2.88. The first-order chi connectivity index (χ1) is 9.81. The first-order valence-corrected chi connectivity index (χ1v) is 6.37. The average molecular weight is 267 g/mol. The highest BCUT2D eigenvalue weighted by atomic mass is 16.5. The molecule has 20 heavy (non-hydrogen) atoms. The second kappa shape index (κ2) is 5.13. The smallest absolute Gasteiger partial charge is 0.359 e. The van der Waals surface area contributed by atoms with Gasteiger partial charge in [0.15, 0.2) is 11.3 Å². The second-order valence-corrected chi connectivity index (χ2v) is 4.19. The van der Waals surface area contributed by atoms with Crippen molar-refractivity contribution in [1.29, 1.82) is 0 Å². The number of fused-ring (bicyclic) bond motifs is 1. The lowest BCUT2D eigenvalue weighted by molar-refractivity contribution is 0.0517. The summed E-state index contributed by atoms with van der Waals surface area (Å²) in [7, 11) is 0. The quantitative estimate of drug-likeness (QED) is 0.684. The number of hydrogen-bond donors (Lipinski definition) is 0. The molecule has 1 aromatic carbocycles.